The zero-order chi connectivity index (χ0) is 14.8. The number of hydrogen-bond donors (Lipinski definition) is 1. The lowest BCUT2D eigenvalue weighted by atomic mass is 10.2. The maximum absolute atomic E-state index is 12.4. The number of ether oxygens (including phenoxy) is 2. The highest BCUT2D eigenvalue weighted by molar-refractivity contribution is 5.78. The summed E-state index contributed by atoms with van der Waals surface area (Å²) in [6, 6.07) is 9.88. The zero-order valence-corrected chi connectivity index (χ0v) is 11.0. The molecule has 0 atom stereocenters. The lowest BCUT2D eigenvalue weighted by Gasteiger charge is -2.08. The SMILES string of the molecule is COc1ccc2[nH]c(-c3ccccc3OC(F)F)nc2n1. The predicted octanol–water partition coefficient (Wildman–Crippen LogP) is 3.23. The van der Waals surface area contributed by atoms with Crippen molar-refractivity contribution in [2.24, 2.45) is 0 Å². The third-order valence-electron chi connectivity index (χ3n) is 2.89. The summed E-state index contributed by atoms with van der Waals surface area (Å²) in [7, 11) is 1.51. The minimum Gasteiger partial charge on any atom is -0.481 e. The molecule has 2 heterocycles. The first kappa shape index (κ1) is 13.3. The largest absolute Gasteiger partial charge is 0.481 e. The van der Waals surface area contributed by atoms with Gasteiger partial charge in [0.15, 0.2) is 5.65 Å². The van der Waals surface area contributed by atoms with Gasteiger partial charge in [0, 0.05) is 6.07 Å². The summed E-state index contributed by atoms with van der Waals surface area (Å²) in [5.41, 5.74) is 1.56. The number of pyridine rings is 1. The number of alkyl halides is 2. The summed E-state index contributed by atoms with van der Waals surface area (Å²) >= 11 is 0. The van der Waals surface area contributed by atoms with E-state index in [1.54, 1.807) is 30.3 Å². The van der Waals surface area contributed by atoms with Gasteiger partial charge in [-0.25, -0.2) is 4.98 Å². The van der Waals surface area contributed by atoms with Crippen LogP contribution in [0.15, 0.2) is 36.4 Å². The first-order valence-corrected chi connectivity index (χ1v) is 6.12. The summed E-state index contributed by atoms with van der Waals surface area (Å²) in [5, 5.41) is 0. The number of fused-ring (bicyclic) bond motifs is 1. The summed E-state index contributed by atoms with van der Waals surface area (Å²) in [4.78, 5) is 11.5. The van der Waals surface area contributed by atoms with Crippen molar-refractivity contribution in [2.75, 3.05) is 7.11 Å². The second-order valence-electron chi connectivity index (χ2n) is 4.18. The maximum atomic E-state index is 12.4. The van der Waals surface area contributed by atoms with Crippen LogP contribution in [-0.4, -0.2) is 28.7 Å². The van der Waals surface area contributed by atoms with E-state index in [0.717, 1.165) is 0 Å². The van der Waals surface area contributed by atoms with Crippen LogP contribution < -0.4 is 9.47 Å². The fraction of sp³-hybridized carbons (Fsp3) is 0.143. The zero-order valence-electron chi connectivity index (χ0n) is 11.0. The Hall–Kier alpha value is -2.70. The molecule has 1 N–H and O–H groups in total. The maximum Gasteiger partial charge on any atom is 0.387 e. The Labute approximate surface area is 118 Å². The van der Waals surface area contributed by atoms with Crippen molar-refractivity contribution in [2.45, 2.75) is 6.61 Å². The van der Waals surface area contributed by atoms with Crippen LogP contribution >= 0.6 is 0 Å². The normalized spacial score (nSPS) is 11.0. The molecule has 0 aliphatic heterocycles. The molecule has 0 saturated carbocycles. The third kappa shape index (κ3) is 2.62. The van der Waals surface area contributed by atoms with Gasteiger partial charge in [-0.2, -0.15) is 13.8 Å². The molecule has 0 fully saturated rings. The van der Waals surface area contributed by atoms with E-state index in [2.05, 4.69) is 19.7 Å². The van der Waals surface area contributed by atoms with Crippen molar-refractivity contribution in [1.82, 2.24) is 15.0 Å². The Balaban J connectivity index is 2.08. The molecule has 108 valence electrons. The first-order valence-electron chi connectivity index (χ1n) is 6.12. The number of halogens is 2. The topological polar surface area (TPSA) is 60.0 Å². The van der Waals surface area contributed by atoms with Gasteiger partial charge in [0.2, 0.25) is 5.88 Å². The molecule has 0 bridgehead atoms. The second kappa shape index (κ2) is 5.35. The van der Waals surface area contributed by atoms with Crippen LogP contribution in [0, 0.1) is 0 Å². The van der Waals surface area contributed by atoms with Gasteiger partial charge in [-0.15, -0.1) is 0 Å². The first-order chi connectivity index (χ1) is 10.2. The molecule has 7 heteroatoms. The molecule has 2 aromatic heterocycles. The fourth-order valence-corrected chi connectivity index (χ4v) is 1.98. The monoisotopic (exact) mass is 291 g/mol. The van der Waals surface area contributed by atoms with Crippen molar-refractivity contribution in [3.05, 3.63) is 36.4 Å². The molecule has 0 amide bonds. The number of H-pyrrole nitrogens is 1. The van der Waals surface area contributed by atoms with Crippen molar-refractivity contribution < 1.29 is 18.3 Å². The molecule has 0 unspecified atom stereocenters. The van der Waals surface area contributed by atoms with Crippen LogP contribution in [0.1, 0.15) is 0 Å². The molecular weight excluding hydrogens is 280 g/mol. The fourth-order valence-electron chi connectivity index (χ4n) is 1.98. The number of methoxy groups -OCH3 is 1. The van der Waals surface area contributed by atoms with Gasteiger partial charge in [0.1, 0.15) is 11.6 Å². The minimum absolute atomic E-state index is 0.0542. The molecular formula is C14H11F2N3O2. The van der Waals surface area contributed by atoms with Gasteiger partial charge in [-0.05, 0) is 18.2 Å². The molecule has 21 heavy (non-hydrogen) atoms. The Kier molecular flexibility index (Phi) is 3.39. The summed E-state index contributed by atoms with van der Waals surface area (Å²) in [5.74, 6) is 0.887. The van der Waals surface area contributed by atoms with Gasteiger partial charge >= 0.3 is 6.61 Å². The molecule has 5 nitrogen and oxygen atoms in total. The van der Waals surface area contributed by atoms with Crippen LogP contribution in [0.2, 0.25) is 0 Å². The third-order valence-corrected chi connectivity index (χ3v) is 2.89. The molecule has 0 aliphatic carbocycles. The van der Waals surface area contributed by atoms with Crippen LogP contribution in [0.25, 0.3) is 22.6 Å². The number of nitrogens with one attached hydrogen (secondary N) is 1. The number of aromatic amines is 1. The molecule has 0 spiro atoms. The Morgan fingerprint density at radius 1 is 1.10 bits per heavy atom. The number of imidazole rings is 1. The van der Waals surface area contributed by atoms with E-state index in [4.69, 9.17) is 4.74 Å². The van der Waals surface area contributed by atoms with E-state index < -0.39 is 6.61 Å². The highest BCUT2D eigenvalue weighted by Gasteiger charge is 2.14. The van der Waals surface area contributed by atoms with E-state index in [1.165, 1.54) is 13.2 Å². The van der Waals surface area contributed by atoms with Gasteiger partial charge in [0.05, 0.1) is 18.2 Å². The molecule has 1 aromatic carbocycles. The number of rotatable bonds is 4. The van der Waals surface area contributed by atoms with Crippen molar-refractivity contribution in [3.63, 3.8) is 0 Å². The average Bonchev–Trinajstić information content (AvgIpc) is 2.89. The lowest BCUT2D eigenvalue weighted by molar-refractivity contribution is -0.0494. The lowest BCUT2D eigenvalue weighted by Crippen LogP contribution is -2.03. The molecule has 3 rings (SSSR count). The number of hydrogen-bond acceptors (Lipinski definition) is 4. The van der Waals surface area contributed by atoms with Crippen LogP contribution in [0.4, 0.5) is 8.78 Å². The number of para-hydroxylation sites is 1. The van der Waals surface area contributed by atoms with Gasteiger partial charge in [0.25, 0.3) is 0 Å². The van der Waals surface area contributed by atoms with E-state index in [-0.39, 0.29) is 5.75 Å². The molecule has 3 aromatic rings. The van der Waals surface area contributed by atoms with Crippen molar-refractivity contribution >= 4 is 11.2 Å². The molecule has 0 aliphatic rings. The summed E-state index contributed by atoms with van der Waals surface area (Å²) in [6.45, 7) is -2.89. The van der Waals surface area contributed by atoms with E-state index in [0.29, 0.717) is 28.4 Å². The Bertz CT molecular complexity index is 774. The molecule has 0 saturated heterocycles. The standard InChI is InChI=1S/C14H11F2N3O2/c1-20-11-7-6-9-13(18-11)19-12(17-9)8-4-2-3-5-10(8)21-14(15)16/h2-7,14H,1H3,(H,17,18,19). The van der Waals surface area contributed by atoms with E-state index in [1.807, 2.05) is 0 Å². The van der Waals surface area contributed by atoms with Crippen LogP contribution in [0.5, 0.6) is 11.6 Å². The Morgan fingerprint density at radius 2 is 1.90 bits per heavy atom. The van der Waals surface area contributed by atoms with Gasteiger partial charge < -0.3 is 14.5 Å². The number of nitrogens with zero attached hydrogens (tertiary/aromatic N) is 2. The Morgan fingerprint density at radius 3 is 2.67 bits per heavy atom. The van der Waals surface area contributed by atoms with Crippen molar-refractivity contribution in [1.29, 1.82) is 0 Å². The van der Waals surface area contributed by atoms with Gasteiger partial charge in [-0.3, -0.25) is 0 Å². The smallest absolute Gasteiger partial charge is 0.387 e. The van der Waals surface area contributed by atoms with E-state index in [9.17, 15) is 8.78 Å². The van der Waals surface area contributed by atoms with Crippen LogP contribution in [-0.2, 0) is 0 Å². The van der Waals surface area contributed by atoms with Crippen molar-refractivity contribution in [3.8, 4) is 23.0 Å². The quantitative estimate of drug-likeness (QED) is 0.801. The molecule has 0 radical (unpaired) electrons. The summed E-state index contributed by atoms with van der Waals surface area (Å²) < 4.78 is 34.4. The summed E-state index contributed by atoms with van der Waals surface area (Å²) in [6.07, 6.45) is 0. The number of benzene rings is 1. The average molecular weight is 291 g/mol. The minimum atomic E-state index is -2.89. The van der Waals surface area contributed by atoms with Crippen LogP contribution in [0.3, 0.4) is 0 Å². The van der Waals surface area contributed by atoms with Gasteiger partial charge in [-0.1, -0.05) is 12.1 Å². The van der Waals surface area contributed by atoms with E-state index >= 15 is 0 Å². The highest BCUT2D eigenvalue weighted by atomic mass is 19.3. The highest BCUT2D eigenvalue weighted by Crippen LogP contribution is 2.30. The second-order valence-corrected chi connectivity index (χ2v) is 4.18. The number of aromatic nitrogens is 3. The predicted molar refractivity (Wildman–Crippen MR) is 72.5 cm³/mol.